The van der Waals surface area contributed by atoms with Gasteiger partial charge in [0, 0.05) is 16.0 Å². The van der Waals surface area contributed by atoms with Crippen LogP contribution in [0.2, 0.25) is 10.0 Å². The molecule has 0 unspecified atom stereocenters. The van der Waals surface area contributed by atoms with Crippen LogP contribution in [-0.2, 0) is 4.74 Å². The molecule has 1 heterocycles. The van der Waals surface area contributed by atoms with Crippen LogP contribution in [0.3, 0.4) is 0 Å². The highest BCUT2D eigenvalue weighted by atomic mass is 35.5. The Morgan fingerprint density at radius 1 is 1.44 bits per heavy atom. The van der Waals surface area contributed by atoms with Crippen molar-refractivity contribution in [1.29, 1.82) is 0 Å². The number of carbonyl (C=O) groups is 1. The molecule has 0 amide bonds. The highest BCUT2D eigenvalue weighted by Gasteiger charge is 2.18. The van der Waals surface area contributed by atoms with E-state index in [1.807, 2.05) is 0 Å². The third-order valence-corrected chi connectivity index (χ3v) is 3.43. The number of esters is 1. The first kappa shape index (κ1) is 13.3. The molecule has 0 atom stereocenters. The molecule has 6 heteroatoms. The summed E-state index contributed by atoms with van der Waals surface area (Å²) < 4.78 is 9.16. The van der Waals surface area contributed by atoms with Crippen molar-refractivity contribution in [2.75, 3.05) is 6.61 Å². The fourth-order valence-corrected chi connectivity index (χ4v) is 2.63. The molecule has 0 fully saturated rings. The number of hydrogen-bond donors (Lipinski definition) is 0. The second-order valence-electron chi connectivity index (χ2n) is 3.42. The molecule has 0 bridgehead atoms. The topological polar surface area (TPSA) is 39.2 Å². The summed E-state index contributed by atoms with van der Waals surface area (Å²) in [7, 11) is 0. The van der Waals surface area contributed by atoms with Crippen LogP contribution in [0.25, 0.3) is 11.3 Å². The summed E-state index contributed by atoms with van der Waals surface area (Å²) in [6, 6.07) is 5.06. The van der Waals surface area contributed by atoms with Gasteiger partial charge in [-0.1, -0.05) is 23.2 Å². The zero-order valence-corrected chi connectivity index (χ0v) is 11.8. The van der Waals surface area contributed by atoms with Crippen molar-refractivity contribution in [3.8, 4) is 11.3 Å². The molecule has 0 saturated heterocycles. The second-order valence-corrected chi connectivity index (χ2v) is 4.89. The number of rotatable bonds is 3. The van der Waals surface area contributed by atoms with Crippen LogP contribution in [-0.4, -0.2) is 16.9 Å². The van der Waals surface area contributed by atoms with E-state index in [-0.39, 0.29) is 0 Å². The summed E-state index contributed by atoms with van der Waals surface area (Å²) in [6.45, 7) is 2.08. The minimum atomic E-state index is -0.396. The number of ether oxygens (including phenoxy) is 1. The maximum Gasteiger partial charge on any atom is 0.341 e. The van der Waals surface area contributed by atoms with Crippen LogP contribution >= 0.6 is 34.7 Å². The normalized spacial score (nSPS) is 10.4. The van der Waals surface area contributed by atoms with Crippen LogP contribution in [0.1, 0.15) is 17.3 Å². The molecule has 0 saturated carbocycles. The third kappa shape index (κ3) is 2.66. The van der Waals surface area contributed by atoms with Crippen LogP contribution in [0, 0.1) is 0 Å². The van der Waals surface area contributed by atoms with E-state index in [2.05, 4.69) is 4.37 Å². The van der Waals surface area contributed by atoms with E-state index in [4.69, 9.17) is 27.9 Å². The lowest BCUT2D eigenvalue weighted by Gasteiger charge is -2.05. The Hall–Kier alpha value is -1.10. The SMILES string of the molecule is CCOC(=O)c1csnc1-c1ccc(Cl)cc1Cl. The Morgan fingerprint density at radius 2 is 2.22 bits per heavy atom. The fraction of sp³-hybridized carbons (Fsp3) is 0.167. The lowest BCUT2D eigenvalue weighted by molar-refractivity contribution is 0.0527. The lowest BCUT2D eigenvalue weighted by Crippen LogP contribution is -2.05. The molecular formula is C12H9Cl2NO2S. The summed E-state index contributed by atoms with van der Waals surface area (Å²) >= 11 is 13.1. The van der Waals surface area contributed by atoms with Gasteiger partial charge in [0.05, 0.1) is 17.2 Å². The fourth-order valence-electron chi connectivity index (χ4n) is 1.47. The van der Waals surface area contributed by atoms with Crippen molar-refractivity contribution in [1.82, 2.24) is 4.37 Å². The van der Waals surface area contributed by atoms with Crippen molar-refractivity contribution in [3.63, 3.8) is 0 Å². The summed E-state index contributed by atoms with van der Waals surface area (Å²) in [5.41, 5.74) is 1.62. The van der Waals surface area contributed by atoms with Gasteiger partial charge in [-0.05, 0) is 36.7 Å². The minimum absolute atomic E-state index is 0.322. The molecule has 0 spiro atoms. The monoisotopic (exact) mass is 301 g/mol. The highest BCUT2D eigenvalue weighted by Crippen LogP contribution is 2.32. The Balaban J connectivity index is 2.45. The molecule has 18 heavy (non-hydrogen) atoms. The first-order valence-electron chi connectivity index (χ1n) is 5.20. The molecule has 0 radical (unpaired) electrons. The summed E-state index contributed by atoms with van der Waals surface area (Å²) in [5, 5.41) is 2.65. The minimum Gasteiger partial charge on any atom is -0.462 e. The molecular weight excluding hydrogens is 293 g/mol. The summed E-state index contributed by atoms with van der Waals surface area (Å²) in [4.78, 5) is 11.8. The van der Waals surface area contributed by atoms with Gasteiger partial charge < -0.3 is 4.74 Å². The van der Waals surface area contributed by atoms with Gasteiger partial charge in [0.1, 0.15) is 5.69 Å². The average molecular weight is 302 g/mol. The summed E-state index contributed by atoms with van der Waals surface area (Å²) in [6.07, 6.45) is 0. The van der Waals surface area contributed by atoms with Crippen LogP contribution < -0.4 is 0 Å². The highest BCUT2D eigenvalue weighted by molar-refractivity contribution is 7.04. The van der Waals surface area contributed by atoms with Gasteiger partial charge in [-0.25, -0.2) is 4.79 Å². The molecule has 3 nitrogen and oxygen atoms in total. The first-order valence-corrected chi connectivity index (χ1v) is 6.79. The quantitative estimate of drug-likeness (QED) is 0.794. The van der Waals surface area contributed by atoms with Gasteiger partial charge in [-0.15, -0.1) is 0 Å². The molecule has 0 aliphatic carbocycles. The van der Waals surface area contributed by atoms with Gasteiger partial charge in [0.2, 0.25) is 0 Å². The van der Waals surface area contributed by atoms with E-state index in [1.165, 1.54) is 11.5 Å². The Kier molecular flexibility index (Phi) is 4.22. The molecule has 2 aromatic rings. The van der Waals surface area contributed by atoms with Crippen LogP contribution in [0.15, 0.2) is 23.6 Å². The molecule has 1 aromatic carbocycles. The zero-order valence-electron chi connectivity index (χ0n) is 9.44. The smallest absolute Gasteiger partial charge is 0.341 e. The molecule has 1 aromatic heterocycles. The third-order valence-electron chi connectivity index (χ3n) is 2.25. The number of benzene rings is 1. The van der Waals surface area contributed by atoms with Gasteiger partial charge in [-0.3, -0.25) is 0 Å². The summed E-state index contributed by atoms with van der Waals surface area (Å²) in [5.74, 6) is -0.396. The van der Waals surface area contributed by atoms with E-state index < -0.39 is 5.97 Å². The number of hydrogen-bond acceptors (Lipinski definition) is 4. The first-order chi connectivity index (χ1) is 8.63. The predicted octanol–water partition coefficient (Wildman–Crippen LogP) is 4.29. The molecule has 94 valence electrons. The van der Waals surface area contributed by atoms with Crippen molar-refractivity contribution in [2.45, 2.75) is 6.92 Å². The maximum absolute atomic E-state index is 11.8. The zero-order chi connectivity index (χ0) is 13.1. The van der Waals surface area contributed by atoms with Crippen LogP contribution in [0.5, 0.6) is 0 Å². The Morgan fingerprint density at radius 3 is 2.89 bits per heavy atom. The molecule has 0 N–H and O–H groups in total. The van der Waals surface area contributed by atoms with E-state index >= 15 is 0 Å². The van der Waals surface area contributed by atoms with E-state index in [0.717, 1.165) is 0 Å². The van der Waals surface area contributed by atoms with Crippen molar-refractivity contribution in [3.05, 3.63) is 39.2 Å². The number of aromatic nitrogens is 1. The molecule has 0 aliphatic rings. The predicted molar refractivity (Wildman–Crippen MR) is 73.5 cm³/mol. The molecule has 2 rings (SSSR count). The Bertz CT molecular complexity index is 583. The second kappa shape index (κ2) is 5.69. The van der Waals surface area contributed by atoms with Crippen molar-refractivity contribution >= 4 is 40.7 Å². The van der Waals surface area contributed by atoms with Gasteiger partial charge >= 0.3 is 5.97 Å². The van der Waals surface area contributed by atoms with Crippen molar-refractivity contribution < 1.29 is 9.53 Å². The molecule has 0 aliphatic heterocycles. The largest absolute Gasteiger partial charge is 0.462 e. The van der Waals surface area contributed by atoms with Gasteiger partial charge in [0.25, 0.3) is 0 Å². The van der Waals surface area contributed by atoms with Crippen molar-refractivity contribution in [2.24, 2.45) is 0 Å². The van der Waals surface area contributed by atoms with E-state index in [0.29, 0.717) is 33.5 Å². The number of carbonyl (C=O) groups excluding carboxylic acids is 1. The van der Waals surface area contributed by atoms with E-state index in [1.54, 1.807) is 30.5 Å². The van der Waals surface area contributed by atoms with E-state index in [9.17, 15) is 4.79 Å². The van der Waals surface area contributed by atoms with Gasteiger partial charge in [-0.2, -0.15) is 4.37 Å². The maximum atomic E-state index is 11.8. The number of nitrogens with zero attached hydrogens (tertiary/aromatic N) is 1. The van der Waals surface area contributed by atoms with Gasteiger partial charge in [0.15, 0.2) is 0 Å². The van der Waals surface area contributed by atoms with Crippen LogP contribution in [0.4, 0.5) is 0 Å². The lowest BCUT2D eigenvalue weighted by atomic mass is 10.1. The standard InChI is InChI=1S/C12H9Cl2NO2S/c1-2-17-12(16)9-6-18-15-11(9)8-4-3-7(13)5-10(8)14/h3-6H,2H2,1H3. The number of halogens is 2. The average Bonchev–Trinajstić information content (AvgIpc) is 2.78. The Labute approximate surface area is 118 Å².